The zero-order valence-electron chi connectivity index (χ0n) is 11.6. The molecule has 0 unspecified atom stereocenters. The van der Waals surface area contributed by atoms with Crippen molar-refractivity contribution in [2.75, 3.05) is 5.73 Å². The van der Waals surface area contributed by atoms with Crippen molar-refractivity contribution in [3.63, 3.8) is 0 Å². The monoisotopic (exact) mass is 278 g/mol. The number of nitrogens with zero attached hydrogens (tertiary/aromatic N) is 1. The molecule has 2 saturated carbocycles. The number of rotatable bonds is 3. The van der Waals surface area contributed by atoms with Crippen LogP contribution in [0.5, 0.6) is 0 Å². The third-order valence-electron chi connectivity index (χ3n) is 4.39. The van der Waals surface area contributed by atoms with Crippen LogP contribution in [0.15, 0.2) is 6.07 Å². The van der Waals surface area contributed by atoms with Crippen molar-refractivity contribution < 1.29 is 9.53 Å². The van der Waals surface area contributed by atoms with E-state index in [1.54, 1.807) is 0 Å². The van der Waals surface area contributed by atoms with Crippen LogP contribution in [0.2, 0.25) is 0 Å². The number of anilines is 1. The normalized spacial score (nSPS) is 26.8. The summed E-state index contributed by atoms with van der Waals surface area (Å²) in [6, 6.07) is 2.18. The molecule has 0 aromatic carbocycles. The molecule has 1 heterocycles. The van der Waals surface area contributed by atoms with Crippen LogP contribution < -0.4 is 11.1 Å². The molecule has 2 atom stereocenters. The molecule has 1 amide bonds. The molecule has 3 rings (SSSR count). The molecule has 6 nitrogen and oxygen atoms in total. The van der Waals surface area contributed by atoms with E-state index in [0.717, 1.165) is 37.8 Å². The first-order valence-corrected chi connectivity index (χ1v) is 7.48. The summed E-state index contributed by atoms with van der Waals surface area (Å²) in [4.78, 5) is 11.8. The summed E-state index contributed by atoms with van der Waals surface area (Å²) < 4.78 is 5.52. The number of ether oxygens (including phenoxy) is 1. The van der Waals surface area contributed by atoms with Gasteiger partial charge < -0.3 is 15.8 Å². The topological polar surface area (TPSA) is 93.0 Å². The molecule has 0 bridgehead atoms. The van der Waals surface area contributed by atoms with Gasteiger partial charge in [0.05, 0.1) is 0 Å². The first-order chi connectivity index (χ1) is 9.70. The molecule has 6 heteroatoms. The molecule has 2 aliphatic carbocycles. The SMILES string of the molecule is Nc1cc([C@H]2CC[C@@H](OC(=O)NC3CCCC3)C2)[nH]n1. The Morgan fingerprint density at radius 1 is 1.35 bits per heavy atom. The average Bonchev–Trinajstić information content (AvgIpc) is 3.10. The number of nitrogens with two attached hydrogens (primary N) is 1. The number of aromatic amines is 1. The summed E-state index contributed by atoms with van der Waals surface area (Å²) in [6.45, 7) is 0. The summed E-state index contributed by atoms with van der Waals surface area (Å²) in [7, 11) is 0. The summed E-state index contributed by atoms with van der Waals surface area (Å²) in [5.74, 6) is 0.882. The Bertz CT molecular complexity index is 467. The lowest BCUT2D eigenvalue weighted by atomic mass is 10.0. The van der Waals surface area contributed by atoms with Gasteiger partial charge in [0.15, 0.2) is 0 Å². The fraction of sp³-hybridized carbons (Fsp3) is 0.714. The zero-order valence-corrected chi connectivity index (χ0v) is 11.6. The van der Waals surface area contributed by atoms with Crippen molar-refractivity contribution in [2.45, 2.75) is 63.0 Å². The summed E-state index contributed by atoms with van der Waals surface area (Å²) in [5.41, 5.74) is 6.66. The highest BCUT2D eigenvalue weighted by Crippen LogP contribution is 2.35. The maximum atomic E-state index is 11.8. The lowest BCUT2D eigenvalue weighted by Crippen LogP contribution is -2.35. The minimum atomic E-state index is -0.258. The molecular weight excluding hydrogens is 256 g/mol. The van der Waals surface area contributed by atoms with Crippen LogP contribution >= 0.6 is 0 Å². The minimum Gasteiger partial charge on any atom is -0.446 e. The van der Waals surface area contributed by atoms with Gasteiger partial charge in [-0.2, -0.15) is 5.10 Å². The number of carbonyl (C=O) groups excluding carboxylic acids is 1. The number of hydrogen-bond acceptors (Lipinski definition) is 4. The van der Waals surface area contributed by atoms with Crippen molar-refractivity contribution in [2.24, 2.45) is 0 Å². The predicted octanol–water partition coefficient (Wildman–Crippen LogP) is 2.30. The molecule has 2 fully saturated rings. The van der Waals surface area contributed by atoms with Crippen LogP contribution in [0.4, 0.5) is 10.6 Å². The lowest BCUT2D eigenvalue weighted by Gasteiger charge is -2.16. The van der Waals surface area contributed by atoms with Gasteiger partial charge >= 0.3 is 6.09 Å². The van der Waals surface area contributed by atoms with E-state index in [9.17, 15) is 4.79 Å². The lowest BCUT2D eigenvalue weighted by molar-refractivity contribution is 0.0971. The number of nitrogen functional groups attached to an aromatic ring is 1. The van der Waals surface area contributed by atoms with Gasteiger partial charge in [-0.3, -0.25) is 5.10 Å². The van der Waals surface area contributed by atoms with Gasteiger partial charge in [0.2, 0.25) is 0 Å². The summed E-state index contributed by atoms with van der Waals surface area (Å²) in [5, 5.41) is 9.86. The average molecular weight is 278 g/mol. The Labute approximate surface area is 118 Å². The van der Waals surface area contributed by atoms with E-state index in [1.807, 2.05) is 6.07 Å². The molecule has 1 aromatic rings. The molecule has 0 aliphatic heterocycles. The Morgan fingerprint density at radius 2 is 2.15 bits per heavy atom. The molecule has 0 radical (unpaired) electrons. The van der Waals surface area contributed by atoms with Crippen LogP contribution in [-0.4, -0.2) is 28.4 Å². The molecule has 2 aliphatic rings. The first kappa shape index (κ1) is 13.3. The number of H-pyrrole nitrogens is 1. The van der Waals surface area contributed by atoms with Crippen molar-refractivity contribution >= 4 is 11.9 Å². The summed E-state index contributed by atoms with van der Waals surface area (Å²) >= 11 is 0. The van der Waals surface area contributed by atoms with Crippen LogP contribution in [0.1, 0.15) is 56.6 Å². The van der Waals surface area contributed by atoms with Crippen LogP contribution in [-0.2, 0) is 4.74 Å². The van der Waals surface area contributed by atoms with Gasteiger partial charge in [0, 0.05) is 23.7 Å². The van der Waals surface area contributed by atoms with Crippen molar-refractivity contribution in [1.29, 1.82) is 0 Å². The standard InChI is InChI=1S/C14H22N4O2/c15-13-8-12(17-18-13)9-5-6-11(7-9)20-14(19)16-10-3-1-2-4-10/h8-11H,1-7H2,(H,16,19)(H3,15,17,18)/t9-,11+/m0/s1. The highest BCUT2D eigenvalue weighted by molar-refractivity contribution is 5.67. The number of nitrogens with one attached hydrogen (secondary N) is 2. The van der Waals surface area contributed by atoms with E-state index in [0.29, 0.717) is 17.8 Å². The van der Waals surface area contributed by atoms with Gasteiger partial charge in [0.25, 0.3) is 0 Å². The third kappa shape index (κ3) is 3.05. The van der Waals surface area contributed by atoms with Gasteiger partial charge in [0.1, 0.15) is 11.9 Å². The van der Waals surface area contributed by atoms with Crippen molar-refractivity contribution in [1.82, 2.24) is 15.5 Å². The first-order valence-electron chi connectivity index (χ1n) is 7.48. The van der Waals surface area contributed by atoms with E-state index in [-0.39, 0.29) is 12.2 Å². The minimum absolute atomic E-state index is 0.00549. The Kier molecular flexibility index (Phi) is 3.80. The maximum Gasteiger partial charge on any atom is 0.407 e. The van der Waals surface area contributed by atoms with Crippen LogP contribution in [0.25, 0.3) is 0 Å². The number of hydrogen-bond donors (Lipinski definition) is 3. The zero-order chi connectivity index (χ0) is 13.9. The fourth-order valence-electron chi connectivity index (χ4n) is 3.31. The largest absolute Gasteiger partial charge is 0.446 e. The molecule has 20 heavy (non-hydrogen) atoms. The highest BCUT2D eigenvalue weighted by atomic mass is 16.6. The molecule has 4 N–H and O–H groups in total. The predicted molar refractivity (Wildman–Crippen MR) is 75.3 cm³/mol. The van der Waals surface area contributed by atoms with Crippen molar-refractivity contribution in [3.05, 3.63) is 11.8 Å². The Balaban J connectivity index is 1.46. The highest BCUT2D eigenvalue weighted by Gasteiger charge is 2.30. The summed E-state index contributed by atoms with van der Waals surface area (Å²) in [6.07, 6.45) is 7.07. The second-order valence-corrected chi connectivity index (χ2v) is 5.91. The Hall–Kier alpha value is -1.72. The molecular formula is C14H22N4O2. The van der Waals surface area contributed by atoms with E-state index in [4.69, 9.17) is 10.5 Å². The Morgan fingerprint density at radius 3 is 2.85 bits per heavy atom. The second-order valence-electron chi connectivity index (χ2n) is 5.91. The molecule has 0 spiro atoms. The maximum absolute atomic E-state index is 11.8. The molecule has 1 aromatic heterocycles. The smallest absolute Gasteiger partial charge is 0.407 e. The molecule has 0 saturated heterocycles. The van der Waals surface area contributed by atoms with E-state index < -0.39 is 0 Å². The quantitative estimate of drug-likeness (QED) is 0.791. The molecule has 110 valence electrons. The van der Waals surface area contributed by atoms with E-state index in [2.05, 4.69) is 15.5 Å². The number of aromatic nitrogens is 2. The number of alkyl carbamates (subject to hydrolysis) is 1. The van der Waals surface area contributed by atoms with Gasteiger partial charge in [-0.15, -0.1) is 0 Å². The van der Waals surface area contributed by atoms with Crippen molar-refractivity contribution in [3.8, 4) is 0 Å². The number of amides is 1. The second kappa shape index (κ2) is 5.73. The van der Waals surface area contributed by atoms with Crippen LogP contribution in [0.3, 0.4) is 0 Å². The van der Waals surface area contributed by atoms with Gasteiger partial charge in [-0.1, -0.05) is 12.8 Å². The van der Waals surface area contributed by atoms with Crippen LogP contribution in [0, 0.1) is 0 Å². The third-order valence-corrected chi connectivity index (χ3v) is 4.39. The fourth-order valence-corrected chi connectivity index (χ4v) is 3.31. The van der Waals surface area contributed by atoms with Gasteiger partial charge in [-0.25, -0.2) is 4.79 Å². The van der Waals surface area contributed by atoms with E-state index in [1.165, 1.54) is 12.8 Å². The van der Waals surface area contributed by atoms with Gasteiger partial charge in [-0.05, 0) is 32.1 Å². The van der Waals surface area contributed by atoms with E-state index >= 15 is 0 Å². The number of carbonyl (C=O) groups is 1.